The van der Waals surface area contributed by atoms with E-state index in [1.807, 2.05) is 13.0 Å². The van der Waals surface area contributed by atoms with Crippen LogP contribution >= 0.6 is 0 Å². The van der Waals surface area contributed by atoms with Crippen molar-refractivity contribution in [1.82, 2.24) is 0 Å². The fourth-order valence-corrected chi connectivity index (χ4v) is 0.846. The van der Waals surface area contributed by atoms with Gasteiger partial charge in [0.05, 0.1) is 0 Å². The topological polar surface area (TPSA) is 49.3 Å². The van der Waals surface area contributed by atoms with Gasteiger partial charge in [0.25, 0.3) is 0 Å². The zero-order valence-electron chi connectivity index (χ0n) is 6.16. The van der Waals surface area contributed by atoms with Gasteiger partial charge in [0.1, 0.15) is 0 Å². The molecular weight excluding hydrogens is 142 g/mol. The Balaban J connectivity index is 2.79. The maximum atomic E-state index is 10.2. The lowest BCUT2D eigenvalue weighted by Gasteiger charge is -1.99. The monoisotopic (exact) mass is 151 g/mol. The molecule has 2 N–H and O–H groups in total. The minimum atomic E-state index is -1.03. The number of anilines is 1. The molecular formula is C8H9NO2. The second-order valence-electron chi connectivity index (χ2n) is 2.30. The van der Waals surface area contributed by atoms with Crippen LogP contribution in [-0.4, -0.2) is 11.2 Å². The number of hydrogen-bond donors (Lipinski definition) is 2. The van der Waals surface area contributed by atoms with Gasteiger partial charge in [0, 0.05) is 5.69 Å². The number of rotatable bonds is 1. The highest BCUT2D eigenvalue weighted by atomic mass is 16.4. The summed E-state index contributed by atoms with van der Waals surface area (Å²) in [5.41, 5.74) is 1.65. The Morgan fingerprint density at radius 3 is 2.82 bits per heavy atom. The van der Waals surface area contributed by atoms with E-state index in [9.17, 15) is 4.79 Å². The number of carboxylic acid groups (broad SMARTS) is 1. The molecule has 0 radical (unpaired) electrons. The summed E-state index contributed by atoms with van der Waals surface area (Å²) >= 11 is 0. The SMILES string of the molecule is Cc1cccc(NC(=O)O)c1. The highest BCUT2D eigenvalue weighted by Crippen LogP contribution is 2.08. The predicted octanol–water partition coefficient (Wildman–Crippen LogP) is 2.08. The molecule has 0 saturated carbocycles. The minimum absolute atomic E-state index is 0.609. The van der Waals surface area contributed by atoms with Gasteiger partial charge in [0.15, 0.2) is 0 Å². The van der Waals surface area contributed by atoms with Gasteiger partial charge >= 0.3 is 6.09 Å². The second kappa shape index (κ2) is 3.05. The molecule has 1 amide bonds. The van der Waals surface area contributed by atoms with Gasteiger partial charge in [-0.05, 0) is 24.6 Å². The van der Waals surface area contributed by atoms with Crippen molar-refractivity contribution in [3.63, 3.8) is 0 Å². The Bertz CT molecular complexity index is 271. The molecule has 0 aliphatic rings. The Kier molecular flexibility index (Phi) is 2.11. The number of carbonyl (C=O) groups is 1. The molecule has 1 aromatic rings. The predicted molar refractivity (Wildman–Crippen MR) is 42.8 cm³/mol. The Labute approximate surface area is 64.7 Å². The summed E-state index contributed by atoms with van der Waals surface area (Å²) in [6, 6.07) is 7.20. The third-order valence-electron chi connectivity index (χ3n) is 1.27. The molecule has 11 heavy (non-hydrogen) atoms. The summed E-state index contributed by atoms with van der Waals surface area (Å²) in [5, 5.41) is 10.6. The zero-order chi connectivity index (χ0) is 8.27. The normalized spacial score (nSPS) is 9.18. The van der Waals surface area contributed by atoms with Crippen LogP contribution in [0.25, 0.3) is 0 Å². The fourth-order valence-electron chi connectivity index (χ4n) is 0.846. The van der Waals surface area contributed by atoms with Gasteiger partial charge in [-0.15, -0.1) is 0 Å². The van der Waals surface area contributed by atoms with Crippen LogP contribution < -0.4 is 5.32 Å². The van der Waals surface area contributed by atoms with Crippen molar-refractivity contribution in [1.29, 1.82) is 0 Å². The molecule has 0 atom stereocenters. The van der Waals surface area contributed by atoms with Crippen LogP contribution in [0.3, 0.4) is 0 Å². The largest absolute Gasteiger partial charge is 0.465 e. The molecule has 0 bridgehead atoms. The van der Waals surface area contributed by atoms with E-state index in [0.717, 1.165) is 5.56 Å². The Morgan fingerprint density at radius 2 is 2.27 bits per heavy atom. The van der Waals surface area contributed by atoms with Crippen molar-refractivity contribution in [3.05, 3.63) is 29.8 Å². The lowest BCUT2D eigenvalue weighted by Crippen LogP contribution is -2.06. The van der Waals surface area contributed by atoms with Crippen molar-refractivity contribution < 1.29 is 9.90 Å². The van der Waals surface area contributed by atoms with E-state index < -0.39 is 6.09 Å². The van der Waals surface area contributed by atoms with Crippen LogP contribution in [0.15, 0.2) is 24.3 Å². The molecule has 0 aromatic heterocycles. The van der Waals surface area contributed by atoms with E-state index >= 15 is 0 Å². The summed E-state index contributed by atoms with van der Waals surface area (Å²) in [5.74, 6) is 0. The standard InChI is InChI=1S/C8H9NO2/c1-6-3-2-4-7(5-6)9-8(10)11/h2-5,9H,1H3,(H,10,11). The van der Waals surface area contributed by atoms with Crippen molar-refractivity contribution in [2.45, 2.75) is 6.92 Å². The van der Waals surface area contributed by atoms with Gasteiger partial charge in [-0.3, -0.25) is 5.32 Å². The lowest BCUT2D eigenvalue weighted by atomic mass is 10.2. The van der Waals surface area contributed by atoms with E-state index in [2.05, 4.69) is 5.32 Å². The first-order valence-corrected chi connectivity index (χ1v) is 3.25. The van der Waals surface area contributed by atoms with Crippen LogP contribution in [0.1, 0.15) is 5.56 Å². The summed E-state index contributed by atoms with van der Waals surface area (Å²) in [6.07, 6.45) is -1.03. The van der Waals surface area contributed by atoms with Gasteiger partial charge in [-0.2, -0.15) is 0 Å². The van der Waals surface area contributed by atoms with Crippen molar-refractivity contribution in [3.8, 4) is 0 Å². The highest BCUT2D eigenvalue weighted by Gasteiger charge is 1.95. The molecule has 0 fully saturated rings. The molecule has 1 aromatic carbocycles. The second-order valence-corrected chi connectivity index (χ2v) is 2.30. The zero-order valence-corrected chi connectivity index (χ0v) is 6.16. The first-order valence-electron chi connectivity index (χ1n) is 3.25. The summed E-state index contributed by atoms with van der Waals surface area (Å²) in [4.78, 5) is 10.2. The smallest absolute Gasteiger partial charge is 0.409 e. The van der Waals surface area contributed by atoms with E-state index in [0.29, 0.717) is 5.69 Å². The quantitative estimate of drug-likeness (QED) is 0.645. The molecule has 0 unspecified atom stereocenters. The summed E-state index contributed by atoms with van der Waals surface area (Å²) < 4.78 is 0. The average molecular weight is 151 g/mol. The van der Waals surface area contributed by atoms with Crippen LogP contribution in [0.2, 0.25) is 0 Å². The molecule has 3 heteroatoms. The van der Waals surface area contributed by atoms with Crippen LogP contribution in [0.4, 0.5) is 10.5 Å². The fraction of sp³-hybridized carbons (Fsp3) is 0.125. The lowest BCUT2D eigenvalue weighted by molar-refractivity contribution is 0.210. The van der Waals surface area contributed by atoms with Crippen LogP contribution in [0.5, 0.6) is 0 Å². The number of amides is 1. The van der Waals surface area contributed by atoms with Gasteiger partial charge in [0.2, 0.25) is 0 Å². The van der Waals surface area contributed by atoms with Crippen molar-refractivity contribution in [2.24, 2.45) is 0 Å². The van der Waals surface area contributed by atoms with E-state index in [1.54, 1.807) is 18.2 Å². The number of benzene rings is 1. The van der Waals surface area contributed by atoms with Crippen molar-refractivity contribution >= 4 is 11.8 Å². The first-order chi connectivity index (χ1) is 5.18. The molecule has 1 rings (SSSR count). The third kappa shape index (κ3) is 2.29. The first kappa shape index (κ1) is 7.60. The number of nitrogens with one attached hydrogen (secondary N) is 1. The number of hydrogen-bond acceptors (Lipinski definition) is 1. The van der Waals surface area contributed by atoms with Gasteiger partial charge < -0.3 is 5.11 Å². The maximum absolute atomic E-state index is 10.2. The minimum Gasteiger partial charge on any atom is -0.465 e. The molecule has 0 spiro atoms. The maximum Gasteiger partial charge on any atom is 0.409 e. The molecule has 0 heterocycles. The number of aryl methyl sites for hydroxylation is 1. The van der Waals surface area contributed by atoms with Gasteiger partial charge in [-0.25, -0.2) is 4.79 Å². The summed E-state index contributed by atoms with van der Waals surface area (Å²) in [7, 11) is 0. The molecule has 0 saturated heterocycles. The summed E-state index contributed by atoms with van der Waals surface area (Å²) in [6.45, 7) is 1.91. The molecule has 0 aliphatic carbocycles. The molecule has 3 nitrogen and oxygen atoms in total. The van der Waals surface area contributed by atoms with E-state index in [1.165, 1.54) is 0 Å². The van der Waals surface area contributed by atoms with E-state index in [-0.39, 0.29) is 0 Å². The highest BCUT2D eigenvalue weighted by molar-refractivity contribution is 5.82. The molecule has 0 aliphatic heterocycles. The van der Waals surface area contributed by atoms with Crippen LogP contribution in [-0.2, 0) is 0 Å². The Morgan fingerprint density at radius 1 is 1.55 bits per heavy atom. The molecule has 58 valence electrons. The Hall–Kier alpha value is -1.51. The average Bonchev–Trinajstić information content (AvgIpc) is 1.85. The van der Waals surface area contributed by atoms with Crippen molar-refractivity contribution in [2.75, 3.05) is 5.32 Å². The van der Waals surface area contributed by atoms with Crippen LogP contribution in [0, 0.1) is 6.92 Å². The third-order valence-corrected chi connectivity index (χ3v) is 1.27. The van der Waals surface area contributed by atoms with Gasteiger partial charge in [-0.1, -0.05) is 12.1 Å². The van der Waals surface area contributed by atoms with E-state index in [4.69, 9.17) is 5.11 Å².